The summed E-state index contributed by atoms with van der Waals surface area (Å²) in [6.07, 6.45) is 23.5. The molecule has 1 aliphatic carbocycles. The van der Waals surface area contributed by atoms with Gasteiger partial charge < -0.3 is 0 Å². The first kappa shape index (κ1) is 16.1. The maximum absolute atomic E-state index is 2.30. The molecule has 107 valence electrons. The zero-order valence-electron chi connectivity index (χ0n) is 12.8. The molecular weight excluding hydrogens is 216 g/mol. The standard InChI is InChI=1S/C18H35/c1-2-3-4-5-6-9-12-15-18-16-13-10-7-8-11-14-17-18/h2-17H2,1H3. The Labute approximate surface area is 116 Å². The molecule has 0 aliphatic heterocycles. The second kappa shape index (κ2) is 12.1. The molecule has 0 heteroatoms. The van der Waals surface area contributed by atoms with Gasteiger partial charge in [-0.3, -0.25) is 0 Å². The van der Waals surface area contributed by atoms with E-state index in [2.05, 4.69) is 6.92 Å². The van der Waals surface area contributed by atoms with Gasteiger partial charge in [-0.15, -0.1) is 0 Å². The molecule has 1 fully saturated rings. The molecule has 0 nitrogen and oxygen atoms in total. The van der Waals surface area contributed by atoms with Crippen molar-refractivity contribution in [3.63, 3.8) is 0 Å². The lowest BCUT2D eigenvalue weighted by Crippen LogP contribution is -1.98. The summed E-state index contributed by atoms with van der Waals surface area (Å²) in [5, 5.41) is 0. The molecule has 1 aliphatic rings. The van der Waals surface area contributed by atoms with Crippen molar-refractivity contribution in [2.45, 2.75) is 110 Å². The molecule has 0 amide bonds. The minimum Gasteiger partial charge on any atom is -0.0654 e. The Morgan fingerprint density at radius 1 is 0.611 bits per heavy atom. The van der Waals surface area contributed by atoms with Gasteiger partial charge in [0.05, 0.1) is 0 Å². The van der Waals surface area contributed by atoms with E-state index in [1.54, 1.807) is 0 Å². The minimum absolute atomic E-state index is 1.37. The van der Waals surface area contributed by atoms with E-state index in [0.717, 1.165) is 0 Å². The van der Waals surface area contributed by atoms with Crippen LogP contribution in [0.5, 0.6) is 0 Å². The highest BCUT2D eigenvalue weighted by molar-refractivity contribution is 4.89. The normalized spacial score (nSPS) is 19.2. The lowest BCUT2D eigenvalue weighted by Gasteiger charge is -2.14. The smallest absolute Gasteiger partial charge is 0.0241 e. The molecule has 0 saturated heterocycles. The van der Waals surface area contributed by atoms with Crippen LogP contribution in [-0.2, 0) is 0 Å². The molecule has 18 heavy (non-hydrogen) atoms. The van der Waals surface area contributed by atoms with Crippen molar-refractivity contribution in [3.8, 4) is 0 Å². The van der Waals surface area contributed by atoms with Gasteiger partial charge >= 0.3 is 0 Å². The maximum Gasteiger partial charge on any atom is -0.0241 e. The van der Waals surface area contributed by atoms with Gasteiger partial charge in [-0.2, -0.15) is 0 Å². The van der Waals surface area contributed by atoms with Crippen LogP contribution in [0.1, 0.15) is 110 Å². The summed E-state index contributed by atoms with van der Waals surface area (Å²) in [5.41, 5.74) is 0. The van der Waals surface area contributed by atoms with Gasteiger partial charge in [0, 0.05) is 0 Å². The number of rotatable bonds is 8. The van der Waals surface area contributed by atoms with Gasteiger partial charge in [0.25, 0.3) is 0 Å². The molecule has 0 N–H and O–H groups in total. The molecule has 1 rings (SSSR count). The van der Waals surface area contributed by atoms with Crippen LogP contribution in [0.25, 0.3) is 0 Å². The largest absolute Gasteiger partial charge is 0.0654 e. The van der Waals surface area contributed by atoms with Gasteiger partial charge in [0.15, 0.2) is 0 Å². The van der Waals surface area contributed by atoms with Crippen LogP contribution in [0.15, 0.2) is 0 Å². The van der Waals surface area contributed by atoms with Crippen LogP contribution in [0.3, 0.4) is 0 Å². The maximum atomic E-state index is 2.30. The predicted molar refractivity (Wildman–Crippen MR) is 82.8 cm³/mol. The van der Waals surface area contributed by atoms with Crippen LogP contribution in [0.2, 0.25) is 0 Å². The van der Waals surface area contributed by atoms with E-state index in [4.69, 9.17) is 0 Å². The van der Waals surface area contributed by atoms with Gasteiger partial charge in [-0.25, -0.2) is 0 Å². The Bertz CT molecular complexity index is 151. The zero-order valence-corrected chi connectivity index (χ0v) is 12.8. The zero-order chi connectivity index (χ0) is 12.9. The molecular formula is C18H35. The van der Waals surface area contributed by atoms with E-state index < -0.39 is 0 Å². The average Bonchev–Trinajstić information content (AvgIpc) is 2.51. The van der Waals surface area contributed by atoms with Crippen LogP contribution >= 0.6 is 0 Å². The fourth-order valence-corrected chi connectivity index (χ4v) is 3.16. The molecule has 0 unspecified atom stereocenters. The quantitative estimate of drug-likeness (QED) is 0.414. The van der Waals surface area contributed by atoms with Gasteiger partial charge in [-0.05, 0) is 25.2 Å². The summed E-state index contributed by atoms with van der Waals surface area (Å²) in [6.45, 7) is 2.30. The molecule has 0 spiro atoms. The number of hydrogen-bond donors (Lipinski definition) is 0. The van der Waals surface area contributed by atoms with Crippen molar-refractivity contribution >= 4 is 0 Å². The first-order valence-electron chi connectivity index (χ1n) is 8.77. The van der Waals surface area contributed by atoms with Crippen molar-refractivity contribution < 1.29 is 0 Å². The summed E-state index contributed by atoms with van der Waals surface area (Å²) in [6, 6.07) is 0. The first-order chi connectivity index (χ1) is 8.93. The van der Waals surface area contributed by atoms with Crippen LogP contribution in [0.4, 0.5) is 0 Å². The van der Waals surface area contributed by atoms with Crippen LogP contribution in [-0.4, -0.2) is 0 Å². The number of unbranched alkanes of at least 4 members (excludes halogenated alkanes) is 6. The highest BCUT2D eigenvalue weighted by Crippen LogP contribution is 2.27. The van der Waals surface area contributed by atoms with Crippen molar-refractivity contribution in [1.29, 1.82) is 0 Å². The lowest BCUT2D eigenvalue weighted by molar-refractivity contribution is 0.542. The Kier molecular flexibility index (Phi) is 10.8. The third-order valence-electron chi connectivity index (χ3n) is 4.44. The Morgan fingerprint density at radius 3 is 1.72 bits per heavy atom. The molecule has 0 atom stereocenters. The fourth-order valence-electron chi connectivity index (χ4n) is 3.16. The van der Waals surface area contributed by atoms with Crippen molar-refractivity contribution in [2.75, 3.05) is 0 Å². The van der Waals surface area contributed by atoms with Crippen LogP contribution in [0, 0.1) is 5.92 Å². The summed E-state index contributed by atoms with van der Waals surface area (Å²) in [5.74, 6) is 1.91. The topological polar surface area (TPSA) is 0 Å². The second-order valence-corrected chi connectivity index (χ2v) is 6.24. The summed E-state index contributed by atoms with van der Waals surface area (Å²) in [4.78, 5) is 0. The van der Waals surface area contributed by atoms with Gasteiger partial charge in [0.2, 0.25) is 0 Å². The molecule has 0 heterocycles. The predicted octanol–water partition coefficient (Wildman–Crippen LogP) is 6.84. The highest BCUT2D eigenvalue weighted by atomic mass is 14.2. The molecule has 1 saturated carbocycles. The van der Waals surface area contributed by atoms with Crippen molar-refractivity contribution in [3.05, 3.63) is 5.92 Å². The number of hydrogen-bond acceptors (Lipinski definition) is 0. The molecule has 0 aromatic rings. The van der Waals surface area contributed by atoms with E-state index in [-0.39, 0.29) is 0 Å². The summed E-state index contributed by atoms with van der Waals surface area (Å²) < 4.78 is 0. The molecule has 1 radical (unpaired) electrons. The van der Waals surface area contributed by atoms with E-state index in [0.29, 0.717) is 0 Å². The monoisotopic (exact) mass is 251 g/mol. The van der Waals surface area contributed by atoms with Gasteiger partial charge in [-0.1, -0.05) is 90.4 Å². The second-order valence-electron chi connectivity index (χ2n) is 6.24. The van der Waals surface area contributed by atoms with E-state index in [9.17, 15) is 0 Å². The highest BCUT2D eigenvalue weighted by Gasteiger charge is 2.10. The van der Waals surface area contributed by atoms with E-state index in [1.165, 1.54) is 103 Å². The summed E-state index contributed by atoms with van der Waals surface area (Å²) in [7, 11) is 0. The summed E-state index contributed by atoms with van der Waals surface area (Å²) >= 11 is 0. The Morgan fingerprint density at radius 2 is 1.11 bits per heavy atom. The third kappa shape index (κ3) is 9.00. The molecule has 0 bridgehead atoms. The lowest BCUT2D eigenvalue weighted by atomic mass is 9.91. The van der Waals surface area contributed by atoms with Gasteiger partial charge in [0.1, 0.15) is 0 Å². The Balaban J connectivity index is 1.95. The molecule has 0 aromatic carbocycles. The minimum atomic E-state index is 1.37. The van der Waals surface area contributed by atoms with Crippen molar-refractivity contribution in [2.24, 2.45) is 0 Å². The van der Waals surface area contributed by atoms with E-state index >= 15 is 0 Å². The SMILES string of the molecule is CCCCCCCCC[C]1CCCCCCCC1. The van der Waals surface area contributed by atoms with Crippen molar-refractivity contribution in [1.82, 2.24) is 0 Å². The fraction of sp³-hybridized carbons (Fsp3) is 0.944. The van der Waals surface area contributed by atoms with Crippen LogP contribution < -0.4 is 0 Å². The average molecular weight is 251 g/mol. The van der Waals surface area contributed by atoms with E-state index in [1.807, 2.05) is 5.92 Å². The Hall–Kier alpha value is 0. The molecule has 0 aromatic heterocycles. The third-order valence-corrected chi connectivity index (χ3v) is 4.44. The first-order valence-corrected chi connectivity index (χ1v) is 8.77.